The molecule has 1 heterocycles. The molecule has 0 amide bonds. The largest absolute Gasteiger partial charge is 0.396 e. The molecule has 0 aliphatic carbocycles. The van der Waals surface area contributed by atoms with Gasteiger partial charge in [-0.05, 0) is 13.3 Å². The monoisotopic (exact) mass is 185 g/mol. The first-order valence-corrected chi connectivity index (χ1v) is 4.07. The van der Waals surface area contributed by atoms with Gasteiger partial charge in [-0.3, -0.25) is 0 Å². The van der Waals surface area contributed by atoms with Gasteiger partial charge in [0.2, 0.25) is 5.95 Å². The van der Waals surface area contributed by atoms with Crippen LogP contribution in [0.15, 0.2) is 12.4 Å². The lowest BCUT2D eigenvalue weighted by Crippen LogP contribution is -2.17. The summed E-state index contributed by atoms with van der Waals surface area (Å²) < 4.78 is 12.6. The molecule has 0 radical (unpaired) electrons. The first-order chi connectivity index (χ1) is 6.22. The van der Waals surface area contributed by atoms with E-state index in [2.05, 4.69) is 15.3 Å². The van der Waals surface area contributed by atoms with Gasteiger partial charge in [0, 0.05) is 18.7 Å². The highest BCUT2D eigenvalue weighted by Crippen LogP contribution is 2.05. The van der Waals surface area contributed by atoms with E-state index in [9.17, 15) is 4.39 Å². The molecule has 0 spiro atoms. The average molecular weight is 185 g/mol. The van der Waals surface area contributed by atoms with E-state index < -0.39 is 5.95 Å². The van der Waals surface area contributed by atoms with Crippen molar-refractivity contribution in [1.29, 1.82) is 0 Å². The molecule has 72 valence electrons. The standard InChI is InChI=1S/C8H12FN3O/c1-6(2-3-13)12-8-4-7(9)10-5-11-8/h4-6,13H,2-3H2,1H3,(H,10,11,12). The molecule has 0 bridgehead atoms. The van der Waals surface area contributed by atoms with Gasteiger partial charge in [-0.1, -0.05) is 0 Å². The van der Waals surface area contributed by atoms with Gasteiger partial charge >= 0.3 is 0 Å². The summed E-state index contributed by atoms with van der Waals surface area (Å²) in [5, 5.41) is 11.6. The molecule has 0 aliphatic rings. The van der Waals surface area contributed by atoms with Crippen molar-refractivity contribution in [3.8, 4) is 0 Å². The Hall–Kier alpha value is -1.23. The van der Waals surface area contributed by atoms with Crippen LogP contribution in [0.4, 0.5) is 10.2 Å². The van der Waals surface area contributed by atoms with Crippen LogP contribution in [0.25, 0.3) is 0 Å². The molecule has 1 rings (SSSR count). The van der Waals surface area contributed by atoms with E-state index in [1.165, 1.54) is 6.07 Å². The van der Waals surface area contributed by atoms with Crippen LogP contribution in [-0.4, -0.2) is 27.7 Å². The maximum absolute atomic E-state index is 12.6. The number of aliphatic hydroxyl groups excluding tert-OH is 1. The van der Waals surface area contributed by atoms with E-state index in [0.29, 0.717) is 12.2 Å². The molecule has 0 aliphatic heterocycles. The Balaban J connectivity index is 2.53. The Bertz CT molecular complexity index is 269. The number of halogens is 1. The Morgan fingerprint density at radius 2 is 2.38 bits per heavy atom. The summed E-state index contributed by atoms with van der Waals surface area (Å²) in [6, 6.07) is 1.28. The zero-order chi connectivity index (χ0) is 9.68. The molecule has 13 heavy (non-hydrogen) atoms. The van der Waals surface area contributed by atoms with E-state index in [-0.39, 0.29) is 12.6 Å². The normalized spacial score (nSPS) is 12.5. The van der Waals surface area contributed by atoms with Crippen molar-refractivity contribution >= 4 is 5.82 Å². The number of nitrogens with zero attached hydrogens (tertiary/aromatic N) is 2. The summed E-state index contributed by atoms with van der Waals surface area (Å²) in [6.07, 6.45) is 1.76. The quantitative estimate of drug-likeness (QED) is 0.681. The summed E-state index contributed by atoms with van der Waals surface area (Å²) in [5.74, 6) is -0.123. The number of anilines is 1. The fourth-order valence-corrected chi connectivity index (χ4v) is 0.931. The van der Waals surface area contributed by atoms with Crippen LogP contribution in [0.3, 0.4) is 0 Å². The Kier molecular flexibility index (Phi) is 3.57. The van der Waals surface area contributed by atoms with E-state index in [1.54, 1.807) is 0 Å². The lowest BCUT2D eigenvalue weighted by molar-refractivity contribution is 0.282. The van der Waals surface area contributed by atoms with Gasteiger partial charge in [0.15, 0.2) is 0 Å². The number of nitrogens with one attached hydrogen (secondary N) is 1. The minimum atomic E-state index is -0.561. The molecule has 1 aromatic heterocycles. The predicted molar refractivity (Wildman–Crippen MR) is 46.8 cm³/mol. The molecule has 1 unspecified atom stereocenters. The van der Waals surface area contributed by atoms with Gasteiger partial charge in [-0.15, -0.1) is 0 Å². The summed E-state index contributed by atoms with van der Waals surface area (Å²) in [7, 11) is 0. The number of hydrogen-bond donors (Lipinski definition) is 2. The van der Waals surface area contributed by atoms with E-state index in [0.717, 1.165) is 6.33 Å². The van der Waals surface area contributed by atoms with E-state index in [4.69, 9.17) is 5.11 Å². The predicted octanol–water partition coefficient (Wildman–Crippen LogP) is 0.798. The minimum Gasteiger partial charge on any atom is -0.396 e. The van der Waals surface area contributed by atoms with E-state index >= 15 is 0 Å². The second-order valence-electron chi connectivity index (χ2n) is 2.78. The van der Waals surface area contributed by atoms with Crippen molar-refractivity contribution in [1.82, 2.24) is 9.97 Å². The van der Waals surface area contributed by atoms with E-state index in [1.807, 2.05) is 6.92 Å². The smallest absolute Gasteiger partial charge is 0.217 e. The highest BCUT2D eigenvalue weighted by atomic mass is 19.1. The molecule has 2 N–H and O–H groups in total. The molecule has 1 atom stereocenters. The first-order valence-electron chi connectivity index (χ1n) is 4.07. The van der Waals surface area contributed by atoms with Crippen molar-refractivity contribution in [3.05, 3.63) is 18.3 Å². The lowest BCUT2D eigenvalue weighted by atomic mass is 10.2. The first kappa shape index (κ1) is 9.85. The summed E-state index contributed by atoms with van der Waals surface area (Å²) in [4.78, 5) is 7.14. The van der Waals surface area contributed by atoms with Crippen LogP contribution >= 0.6 is 0 Å². The highest BCUT2D eigenvalue weighted by molar-refractivity contribution is 5.33. The lowest BCUT2D eigenvalue weighted by Gasteiger charge is -2.12. The molecular weight excluding hydrogens is 173 g/mol. The van der Waals surface area contributed by atoms with Crippen molar-refractivity contribution in [2.45, 2.75) is 19.4 Å². The maximum atomic E-state index is 12.6. The van der Waals surface area contributed by atoms with Gasteiger partial charge < -0.3 is 10.4 Å². The molecule has 4 nitrogen and oxygen atoms in total. The van der Waals surface area contributed by atoms with Gasteiger partial charge in [0.05, 0.1) is 0 Å². The van der Waals surface area contributed by atoms with Crippen LogP contribution in [0, 0.1) is 5.95 Å². The van der Waals surface area contributed by atoms with Crippen LogP contribution in [0.5, 0.6) is 0 Å². The van der Waals surface area contributed by atoms with Gasteiger partial charge in [-0.25, -0.2) is 9.97 Å². The van der Waals surface area contributed by atoms with Crippen LogP contribution in [0.2, 0.25) is 0 Å². The SMILES string of the molecule is CC(CCO)Nc1cc(F)ncn1. The second kappa shape index (κ2) is 4.71. The van der Waals surface area contributed by atoms with Crippen molar-refractivity contribution in [3.63, 3.8) is 0 Å². The zero-order valence-corrected chi connectivity index (χ0v) is 7.37. The third-order valence-corrected chi connectivity index (χ3v) is 1.59. The van der Waals surface area contributed by atoms with Gasteiger partial charge in [-0.2, -0.15) is 4.39 Å². The second-order valence-corrected chi connectivity index (χ2v) is 2.78. The summed E-state index contributed by atoms with van der Waals surface area (Å²) in [6.45, 7) is 1.98. The highest BCUT2D eigenvalue weighted by Gasteiger charge is 2.02. The van der Waals surface area contributed by atoms with Gasteiger partial charge in [0.1, 0.15) is 12.1 Å². The Labute approximate surface area is 75.8 Å². The van der Waals surface area contributed by atoms with Gasteiger partial charge in [0.25, 0.3) is 0 Å². The molecular formula is C8H12FN3O. The molecule has 0 saturated heterocycles. The number of hydrogen-bond acceptors (Lipinski definition) is 4. The molecule has 0 saturated carbocycles. The van der Waals surface area contributed by atoms with Crippen molar-refractivity contribution in [2.75, 3.05) is 11.9 Å². The zero-order valence-electron chi connectivity index (χ0n) is 7.37. The Morgan fingerprint density at radius 1 is 1.62 bits per heavy atom. The third kappa shape index (κ3) is 3.33. The summed E-state index contributed by atoms with van der Waals surface area (Å²) >= 11 is 0. The fraction of sp³-hybridized carbons (Fsp3) is 0.500. The summed E-state index contributed by atoms with van der Waals surface area (Å²) in [5.41, 5.74) is 0. The third-order valence-electron chi connectivity index (χ3n) is 1.59. The average Bonchev–Trinajstić information content (AvgIpc) is 2.04. The topological polar surface area (TPSA) is 58.0 Å². The van der Waals surface area contributed by atoms with Crippen molar-refractivity contribution in [2.24, 2.45) is 0 Å². The van der Waals surface area contributed by atoms with Crippen LogP contribution in [-0.2, 0) is 0 Å². The fourth-order valence-electron chi connectivity index (χ4n) is 0.931. The Morgan fingerprint density at radius 3 is 3.00 bits per heavy atom. The molecule has 5 heteroatoms. The molecule has 1 aromatic rings. The molecule has 0 fully saturated rings. The van der Waals surface area contributed by atoms with Crippen LogP contribution < -0.4 is 5.32 Å². The maximum Gasteiger partial charge on any atom is 0.217 e. The minimum absolute atomic E-state index is 0.0688. The molecule has 0 aromatic carbocycles. The van der Waals surface area contributed by atoms with Crippen molar-refractivity contribution < 1.29 is 9.50 Å². The number of rotatable bonds is 4. The number of aromatic nitrogens is 2. The number of aliphatic hydroxyl groups is 1. The van der Waals surface area contributed by atoms with Crippen LogP contribution in [0.1, 0.15) is 13.3 Å².